The third-order valence-corrected chi connectivity index (χ3v) is 6.74. The summed E-state index contributed by atoms with van der Waals surface area (Å²) in [5.41, 5.74) is 1.32. The van der Waals surface area contributed by atoms with Crippen LogP contribution in [0.15, 0.2) is 24.3 Å². The summed E-state index contributed by atoms with van der Waals surface area (Å²) in [5.74, 6) is 2.52. The highest BCUT2D eigenvalue weighted by molar-refractivity contribution is 5.33. The zero-order valence-electron chi connectivity index (χ0n) is 19.6. The second-order valence-corrected chi connectivity index (χ2v) is 9.75. The van der Waals surface area contributed by atoms with Gasteiger partial charge in [-0.1, -0.05) is 18.2 Å². The van der Waals surface area contributed by atoms with Crippen LogP contribution in [-0.4, -0.2) is 75.6 Å². The number of methoxy groups -OCH3 is 2. The summed E-state index contributed by atoms with van der Waals surface area (Å²) in [4.78, 5) is 5.24. The SMILES string of the molecule is COCCN(CC1CCN(Cc2ccccc2OC)CC1)CC1CCOC(C)(C)C1. The molecule has 2 aliphatic heterocycles. The molecule has 2 aliphatic rings. The highest BCUT2D eigenvalue weighted by Crippen LogP contribution is 2.30. The van der Waals surface area contributed by atoms with E-state index in [1.165, 1.54) is 51.0 Å². The molecule has 0 spiro atoms. The molecule has 0 aliphatic carbocycles. The van der Waals surface area contributed by atoms with E-state index in [-0.39, 0.29) is 5.60 Å². The molecule has 1 aromatic rings. The fourth-order valence-electron chi connectivity index (χ4n) is 5.12. The average molecular weight is 419 g/mol. The molecule has 1 atom stereocenters. The number of hydrogen-bond acceptors (Lipinski definition) is 5. The van der Waals surface area contributed by atoms with Crippen molar-refractivity contribution in [3.8, 4) is 5.75 Å². The molecule has 0 saturated carbocycles. The topological polar surface area (TPSA) is 34.2 Å². The number of piperidine rings is 1. The Labute approximate surface area is 183 Å². The fourth-order valence-corrected chi connectivity index (χ4v) is 5.12. The van der Waals surface area contributed by atoms with Crippen LogP contribution in [0.25, 0.3) is 0 Å². The highest BCUT2D eigenvalue weighted by atomic mass is 16.5. The molecule has 1 unspecified atom stereocenters. The monoisotopic (exact) mass is 418 g/mol. The minimum absolute atomic E-state index is 0.0275. The van der Waals surface area contributed by atoms with E-state index in [1.54, 1.807) is 7.11 Å². The third-order valence-electron chi connectivity index (χ3n) is 6.74. The molecule has 0 aromatic heterocycles. The largest absolute Gasteiger partial charge is 0.496 e. The van der Waals surface area contributed by atoms with Crippen LogP contribution >= 0.6 is 0 Å². The van der Waals surface area contributed by atoms with Crippen LogP contribution in [0.2, 0.25) is 0 Å². The average Bonchev–Trinajstić information content (AvgIpc) is 2.73. The minimum Gasteiger partial charge on any atom is -0.496 e. The number of likely N-dealkylation sites (tertiary alicyclic amines) is 1. The van der Waals surface area contributed by atoms with Gasteiger partial charge in [0.25, 0.3) is 0 Å². The molecule has 1 aromatic carbocycles. The molecule has 170 valence electrons. The van der Waals surface area contributed by atoms with Crippen LogP contribution in [0.4, 0.5) is 0 Å². The lowest BCUT2D eigenvalue weighted by molar-refractivity contribution is -0.0779. The number of hydrogen-bond donors (Lipinski definition) is 0. The summed E-state index contributed by atoms with van der Waals surface area (Å²) in [6.07, 6.45) is 4.90. The van der Waals surface area contributed by atoms with Crippen molar-refractivity contribution in [3.05, 3.63) is 29.8 Å². The molecule has 2 fully saturated rings. The third kappa shape index (κ3) is 7.23. The fraction of sp³-hybridized carbons (Fsp3) is 0.760. The van der Waals surface area contributed by atoms with Crippen LogP contribution in [0.1, 0.15) is 45.1 Å². The van der Waals surface area contributed by atoms with E-state index < -0.39 is 0 Å². The van der Waals surface area contributed by atoms with Crippen molar-refractivity contribution in [2.75, 3.05) is 60.2 Å². The lowest BCUT2D eigenvalue weighted by Gasteiger charge is -2.39. The first-order valence-electron chi connectivity index (χ1n) is 11.7. The van der Waals surface area contributed by atoms with Gasteiger partial charge in [-0.3, -0.25) is 4.90 Å². The van der Waals surface area contributed by atoms with Crippen molar-refractivity contribution in [2.45, 2.75) is 51.7 Å². The van der Waals surface area contributed by atoms with Crippen molar-refractivity contribution < 1.29 is 14.2 Å². The van der Waals surface area contributed by atoms with Crippen LogP contribution in [0, 0.1) is 11.8 Å². The van der Waals surface area contributed by atoms with Gasteiger partial charge in [-0.2, -0.15) is 0 Å². The van der Waals surface area contributed by atoms with Gasteiger partial charge in [-0.25, -0.2) is 0 Å². The Balaban J connectivity index is 1.47. The molecule has 2 heterocycles. The molecule has 5 nitrogen and oxygen atoms in total. The maximum Gasteiger partial charge on any atom is 0.123 e. The summed E-state index contributed by atoms with van der Waals surface area (Å²) in [5, 5.41) is 0. The van der Waals surface area contributed by atoms with E-state index in [0.717, 1.165) is 50.3 Å². The van der Waals surface area contributed by atoms with Crippen molar-refractivity contribution in [3.63, 3.8) is 0 Å². The van der Waals surface area contributed by atoms with Crippen LogP contribution in [0.5, 0.6) is 5.75 Å². The maximum absolute atomic E-state index is 5.93. The predicted octanol–water partition coefficient (Wildman–Crippen LogP) is 4.06. The first-order chi connectivity index (χ1) is 14.5. The summed E-state index contributed by atoms with van der Waals surface area (Å²) in [6.45, 7) is 12.9. The molecular weight excluding hydrogens is 376 g/mol. The Kier molecular flexibility index (Phi) is 8.99. The van der Waals surface area contributed by atoms with Crippen molar-refractivity contribution in [1.82, 2.24) is 9.80 Å². The Morgan fingerprint density at radius 2 is 1.80 bits per heavy atom. The van der Waals surface area contributed by atoms with E-state index in [2.05, 4.69) is 41.8 Å². The summed E-state index contributed by atoms with van der Waals surface area (Å²) in [7, 11) is 3.57. The second kappa shape index (κ2) is 11.5. The molecule has 30 heavy (non-hydrogen) atoms. The Morgan fingerprint density at radius 3 is 2.50 bits per heavy atom. The zero-order chi connectivity index (χ0) is 21.4. The summed E-state index contributed by atoms with van der Waals surface area (Å²) in [6, 6.07) is 8.40. The van der Waals surface area contributed by atoms with E-state index in [1.807, 2.05) is 13.2 Å². The standard InChI is InChI=1S/C25H42N2O3/c1-25(2)17-22(11-15-30-25)19-27(14-16-28-3)18-21-9-12-26(13-10-21)20-23-7-5-6-8-24(23)29-4/h5-8,21-22H,9-20H2,1-4H3. The first-order valence-corrected chi connectivity index (χ1v) is 11.7. The summed E-state index contributed by atoms with van der Waals surface area (Å²) < 4.78 is 16.9. The highest BCUT2D eigenvalue weighted by Gasteiger charge is 2.30. The molecule has 5 heteroatoms. The van der Waals surface area contributed by atoms with E-state index in [4.69, 9.17) is 14.2 Å². The zero-order valence-corrected chi connectivity index (χ0v) is 19.6. The Bertz CT molecular complexity index is 629. The van der Waals surface area contributed by atoms with Gasteiger partial charge >= 0.3 is 0 Å². The van der Waals surface area contributed by atoms with Gasteiger partial charge in [0.05, 0.1) is 19.3 Å². The number of rotatable bonds is 10. The molecule has 0 N–H and O–H groups in total. The number of nitrogens with zero attached hydrogens (tertiary/aromatic N) is 2. The second-order valence-electron chi connectivity index (χ2n) is 9.75. The van der Waals surface area contributed by atoms with Gasteiger partial charge in [0.2, 0.25) is 0 Å². The maximum atomic E-state index is 5.93. The van der Waals surface area contributed by atoms with E-state index >= 15 is 0 Å². The molecular formula is C25H42N2O3. The molecule has 2 saturated heterocycles. The lowest BCUT2D eigenvalue weighted by Crippen LogP contribution is -2.43. The number of para-hydroxylation sites is 1. The Morgan fingerprint density at radius 1 is 1.07 bits per heavy atom. The first kappa shape index (κ1) is 23.5. The van der Waals surface area contributed by atoms with Gasteiger partial charge in [-0.15, -0.1) is 0 Å². The van der Waals surface area contributed by atoms with Crippen LogP contribution < -0.4 is 4.74 Å². The van der Waals surface area contributed by atoms with Crippen molar-refractivity contribution in [1.29, 1.82) is 0 Å². The molecule has 0 radical (unpaired) electrons. The van der Waals surface area contributed by atoms with E-state index in [0.29, 0.717) is 0 Å². The minimum atomic E-state index is 0.0275. The molecule has 0 amide bonds. The lowest BCUT2D eigenvalue weighted by atomic mass is 9.87. The van der Waals surface area contributed by atoms with Gasteiger partial charge in [0, 0.05) is 45.5 Å². The normalized spacial score (nSPS) is 23.0. The van der Waals surface area contributed by atoms with Crippen LogP contribution in [0.3, 0.4) is 0 Å². The predicted molar refractivity (Wildman–Crippen MR) is 122 cm³/mol. The van der Waals surface area contributed by atoms with Crippen molar-refractivity contribution >= 4 is 0 Å². The molecule has 3 rings (SSSR count). The summed E-state index contributed by atoms with van der Waals surface area (Å²) >= 11 is 0. The van der Waals surface area contributed by atoms with Gasteiger partial charge < -0.3 is 19.1 Å². The molecule has 0 bridgehead atoms. The van der Waals surface area contributed by atoms with Gasteiger partial charge in [0.15, 0.2) is 0 Å². The number of ether oxygens (including phenoxy) is 3. The number of benzene rings is 1. The van der Waals surface area contributed by atoms with Crippen molar-refractivity contribution in [2.24, 2.45) is 11.8 Å². The van der Waals surface area contributed by atoms with Gasteiger partial charge in [-0.05, 0) is 70.5 Å². The van der Waals surface area contributed by atoms with E-state index in [9.17, 15) is 0 Å². The van der Waals surface area contributed by atoms with Gasteiger partial charge in [0.1, 0.15) is 5.75 Å². The smallest absolute Gasteiger partial charge is 0.123 e. The quantitative estimate of drug-likeness (QED) is 0.572. The Hall–Kier alpha value is -1.14. The van der Waals surface area contributed by atoms with Crippen LogP contribution in [-0.2, 0) is 16.0 Å².